The SMILES string of the molecule is COC[C@H](NC(=O)C1COCC1NC(=O)OCC1c2ccccc2-c2ccccc21)C(=O)O. The van der Waals surface area contributed by atoms with Gasteiger partial charge in [0.1, 0.15) is 6.61 Å². The van der Waals surface area contributed by atoms with E-state index in [1.165, 1.54) is 7.11 Å². The van der Waals surface area contributed by atoms with Crippen molar-refractivity contribution in [3.8, 4) is 11.1 Å². The van der Waals surface area contributed by atoms with Gasteiger partial charge in [-0.3, -0.25) is 4.79 Å². The highest BCUT2D eigenvalue weighted by atomic mass is 16.5. The molecule has 2 aliphatic rings. The smallest absolute Gasteiger partial charge is 0.407 e. The summed E-state index contributed by atoms with van der Waals surface area (Å²) in [6, 6.07) is 14.3. The third kappa shape index (κ3) is 4.84. The molecular weight excluding hydrogens is 428 g/mol. The first kappa shape index (κ1) is 22.8. The number of fused-ring (bicyclic) bond motifs is 3. The number of hydrogen-bond donors (Lipinski definition) is 3. The molecule has 1 fully saturated rings. The Bertz CT molecular complexity index is 995. The summed E-state index contributed by atoms with van der Waals surface area (Å²) in [5, 5.41) is 14.3. The molecule has 9 nitrogen and oxygen atoms in total. The van der Waals surface area contributed by atoms with Gasteiger partial charge in [-0.15, -0.1) is 0 Å². The number of amides is 2. The molecule has 1 aliphatic carbocycles. The third-order valence-electron chi connectivity index (χ3n) is 6.01. The molecule has 0 aromatic heterocycles. The fourth-order valence-electron chi connectivity index (χ4n) is 4.37. The second-order valence-electron chi connectivity index (χ2n) is 8.08. The maximum atomic E-state index is 12.6. The molecule has 1 heterocycles. The van der Waals surface area contributed by atoms with Crippen LogP contribution in [0.1, 0.15) is 17.0 Å². The van der Waals surface area contributed by atoms with Crippen molar-refractivity contribution in [3.63, 3.8) is 0 Å². The molecule has 0 saturated carbocycles. The van der Waals surface area contributed by atoms with Crippen LogP contribution in [0.4, 0.5) is 4.79 Å². The molecule has 4 rings (SSSR count). The Kier molecular flexibility index (Phi) is 6.90. The molecule has 0 spiro atoms. The fourth-order valence-corrected chi connectivity index (χ4v) is 4.37. The zero-order valence-corrected chi connectivity index (χ0v) is 18.2. The number of carbonyl (C=O) groups is 3. The summed E-state index contributed by atoms with van der Waals surface area (Å²) in [7, 11) is 1.35. The second kappa shape index (κ2) is 10.0. The first-order chi connectivity index (χ1) is 16.0. The van der Waals surface area contributed by atoms with Crippen LogP contribution in [0.3, 0.4) is 0 Å². The van der Waals surface area contributed by atoms with Crippen LogP contribution < -0.4 is 10.6 Å². The molecule has 2 aromatic carbocycles. The van der Waals surface area contributed by atoms with E-state index in [1.54, 1.807) is 0 Å². The van der Waals surface area contributed by atoms with Crippen molar-refractivity contribution < 1.29 is 33.7 Å². The number of carboxylic acid groups (broad SMARTS) is 1. The van der Waals surface area contributed by atoms with Gasteiger partial charge in [-0.1, -0.05) is 48.5 Å². The van der Waals surface area contributed by atoms with E-state index in [0.717, 1.165) is 22.3 Å². The molecule has 1 saturated heterocycles. The van der Waals surface area contributed by atoms with Crippen molar-refractivity contribution in [2.45, 2.75) is 18.0 Å². The van der Waals surface area contributed by atoms with Gasteiger partial charge >= 0.3 is 12.1 Å². The summed E-state index contributed by atoms with van der Waals surface area (Å²) in [6.07, 6.45) is -0.656. The Balaban J connectivity index is 1.36. The number of nitrogens with one attached hydrogen (secondary N) is 2. The van der Waals surface area contributed by atoms with Gasteiger partial charge in [0.2, 0.25) is 5.91 Å². The van der Waals surface area contributed by atoms with Crippen molar-refractivity contribution in [2.75, 3.05) is 33.5 Å². The first-order valence-corrected chi connectivity index (χ1v) is 10.7. The van der Waals surface area contributed by atoms with Crippen LogP contribution in [0.15, 0.2) is 48.5 Å². The second-order valence-corrected chi connectivity index (χ2v) is 8.08. The largest absolute Gasteiger partial charge is 0.480 e. The maximum absolute atomic E-state index is 12.6. The number of hydrogen-bond acceptors (Lipinski definition) is 6. The van der Waals surface area contributed by atoms with E-state index < -0.39 is 36.0 Å². The number of rotatable bonds is 8. The zero-order valence-electron chi connectivity index (χ0n) is 18.2. The van der Waals surface area contributed by atoms with Gasteiger partial charge in [-0.25, -0.2) is 9.59 Å². The van der Waals surface area contributed by atoms with Crippen LogP contribution >= 0.6 is 0 Å². The van der Waals surface area contributed by atoms with Gasteiger partial charge < -0.3 is 30.0 Å². The van der Waals surface area contributed by atoms with E-state index in [2.05, 4.69) is 22.8 Å². The first-order valence-electron chi connectivity index (χ1n) is 10.7. The molecule has 174 valence electrons. The molecule has 3 N–H and O–H groups in total. The summed E-state index contributed by atoms with van der Waals surface area (Å²) in [6.45, 7) is 0.183. The Morgan fingerprint density at radius 1 is 1.06 bits per heavy atom. The van der Waals surface area contributed by atoms with E-state index in [4.69, 9.17) is 14.2 Å². The Morgan fingerprint density at radius 3 is 2.30 bits per heavy atom. The molecule has 0 radical (unpaired) electrons. The molecular formula is C24H26N2O7. The Labute approximate surface area is 191 Å². The van der Waals surface area contributed by atoms with E-state index in [9.17, 15) is 19.5 Å². The van der Waals surface area contributed by atoms with Crippen molar-refractivity contribution in [1.29, 1.82) is 0 Å². The molecule has 9 heteroatoms. The van der Waals surface area contributed by atoms with E-state index in [0.29, 0.717) is 0 Å². The molecule has 1 aliphatic heterocycles. The summed E-state index contributed by atoms with van der Waals surface area (Å²) >= 11 is 0. The summed E-state index contributed by atoms with van der Waals surface area (Å²) in [5.41, 5.74) is 4.47. The molecule has 2 unspecified atom stereocenters. The van der Waals surface area contributed by atoms with Crippen LogP contribution in [-0.2, 0) is 23.8 Å². The van der Waals surface area contributed by atoms with Gasteiger partial charge in [0.25, 0.3) is 0 Å². The van der Waals surface area contributed by atoms with Crippen LogP contribution in [-0.4, -0.2) is 68.7 Å². The summed E-state index contributed by atoms with van der Waals surface area (Å²) in [4.78, 5) is 36.4. The molecule has 3 atom stereocenters. The highest BCUT2D eigenvalue weighted by Crippen LogP contribution is 2.44. The van der Waals surface area contributed by atoms with Crippen LogP contribution in [0.25, 0.3) is 11.1 Å². The predicted octanol–water partition coefficient (Wildman–Crippen LogP) is 1.76. The Morgan fingerprint density at radius 2 is 1.70 bits per heavy atom. The lowest BCUT2D eigenvalue weighted by molar-refractivity contribution is -0.144. The normalized spacial score (nSPS) is 19.9. The van der Waals surface area contributed by atoms with Crippen LogP contribution in [0.5, 0.6) is 0 Å². The zero-order chi connectivity index (χ0) is 23.4. The number of aliphatic carboxylic acids is 1. The number of alkyl carbamates (subject to hydrolysis) is 1. The average Bonchev–Trinajstić information content (AvgIpc) is 3.40. The molecule has 2 aromatic rings. The number of carboxylic acids is 1. The van der Waals surface area contributed by atoms with Crippen molar-refractivity contribution in [3.05, 3.63) is 59.7 Å². The van der Waals surface area contributed by atoms with Crippen molar-refractivity contribution >= 4 is 18.0 Å². The lowest BCUT2D eigenvalue weighted by Gasteiger charge is -2.21. The lowest BCUT2D eigenvalue weighted by Crippen LogP contribution is -2.51. The minimum Gasteiger partial charge on any atom is -0.480 e. The van der Waals surface area contributed by atoms with Crippen LogP contribution in [0, 0.1) is 5.92 Å². The fraction of sp³-hybridized carbons (Fsp3) is 0.375. The minimum absolute atomic E-state index is 0.0689. The van der Waals surface area contributed by atoms with E-state index >= 15 is 0 Å². The number of methoxy groups -OCH3 is 1. The molecule has 0 bridgehead atoms. The highest BCUT2D eigenvalue weighted by molar-refractivity contribution is 5.86. The number of ether oxygens (including phenoxy) is 3. The summed E-state index contributed by atoms with van der Waals surface area (Å²) in [5.74, 6) is -2.54. The van der Waals surface area contributed by atoms with Gasteiger partial charge in [-0.2, -0.15) is 0 Å². The quantitative estimate of drug-likeness (QED) is 0.555. The highest BCUT2D eigenvalue weighted by Gasteiger charge is 2.37. The van der Waals surface area contributed by atoms with Gasteiger partial charge in [-0.05, 0) is 22.3 Å². The number of benzene rings is 2. The topological polar surface area (TPSA) is 123 Å². The third-order valence-corrected chi connectivity index (χ3v) is 6.01. The van der Waals surface area contributed by atoms with Crippen molar-refractivity contribution in [1.82, 2.24) is 10.6 Å². The van der Waals surface area contributed by atoms with Crippen LogP contribution in [0.2, 0.25) is 0 Å². The monoisotopic (exact) mass is 454 g/mol. The predicted molar refractivity (Wildman–Crippen MR) is 118 cm³/mol. The molecule has 2 amide bonds. The minimum atomic E-state index is -1.20. The molecule has 33 heavy (non-hydrogen) atoms. The number of carbonyl (C=O) groups excluding carboxylic acids is 2. The van der Waals surface area contributed by atoms with Gasteiger partial charge in [0, 0.05) is 13.0 Å². The van der Waals surface area contributed by atoms with E-state index in [-0.39, 0.29) is 32.3 Å². The van der Waals surface area contributed by atoms with E-state index in [1.807, 2.05) is 36.4 Å². The summed E-state index contributed by atoms with van der Waals surface area (Å²) < 4.78 is 15.7. The van der Waals surface area contributed by atoms with Gasteiger partial charge in [0.15, 0.2) is 6.04 Å². The lowest BCUT2D eigenvalue weighted by atomic mass is 9.98. The Hall–Kier alpha value is -3.43. The standard InChI is InChI=1S/C24H26N2O7/c1-31-12-21(23(28)29)25-22(27)19-10-32-13-20(19)26-24(30)33-11-18-16-8-4-2-6-14(16)15-7-3-5-9-17(15)18/h2-9,18-21H,10-13H2,1H3,(H,25,27)(H,26,30)(H,28,29)/t19?,20?,21-/m0/s1. The maximum Gasteiger partial charge on any atom is 0.407 e. The van der Waals surface area contributed by atoms with Gasteiger partial charge in [0.05, 0.1) is 31.8 Å². The van der Waals surface area contributed by atoms with Crippen molar-refractivity contribution in [2.24, 2.45) is 5.92 Å². The average molecular weight is 454 g/mol.